The Kier molecular flexibility index (Phi) is 5.24. The molecule has 0 radical (unpaired) electrons. The van der Waals surface area contributed by atoms with Gasteiger partial charge in [0.25, 0.3) is 5.91 Å². The molecule has 3 rings (SSSR count). The van der Waals surface area contributed by atoms with Crippen LogP contribution in [0.3, 0.4) is 0 Å². The number of hydrogen-bond acceptors (Lipinski definition) is 3. The molecule has 2 aliphatic rings. The zero-order valence-corrected chi connectivity index (χ0v) is 14.2. The molecule has 5 heteroatoms. The largest absolute Gasteiger partial charge is 0.378 e. The van der Waals surface area contributed by atoms with E-state index >= 15 is 0 Å². The molecule has 0 bridgehead atoms. The zero-order valence-electron chi connectivity index (χ0n) is 13.4. The SMILES string of the molecule is O=C(NCC1(N2CCCC2)CCCC1)[C@@H](O)c1ccc(Cl)cc1. The highest BCUT2D eigenvalue weighted by Gasteiger charge is 2.40. The fourth-order valence-electron chi connectivity index (χ4n) is 3.97. The van der Waals surface area contributed by atoms with Crippen LogP contribution in [0.4, 0.5) is 0 Å². The number of amides is 1. The Hall–Kier alpha value is -1.10. The molecule has 1 aromatic carbocycles. The molecule has 1 aliphatic carbocycles. The van der Waals surface area contributed by atoms with E-state index in [2.05, 4.69) is 10.2 Å². The number of hydrogen-bond donors (Lipinski definition) is 2. The number of aliphatic hydroxyl groups is 1. The minimum atomic E-state index is -1.13. The molecule has 1 saturated heterocycles. The summed E-state index contributed by atoms with van der Waals surface area (Å²) in [6.45, 7) is 2.90. The summed E-state index contributed by atoms with van der Waals surface area (Å²) in [6.07, 6.45) is 6.11. The van der Waals surface area contributed by atoms with Crippen molar-refractivity contribution in [3.8, 4) is 0 Å². The van der Waals surface area contributed by atoms with Gasteiger partial charge in [-0.3, -0.25) is 9.69 Å². The van der Waals surface area contributed by atoms with Crippen LogP contribution in [0, 0.1) is 0 Å². The molecule has 1 amide bonds. The molecular weight excluding hydrogens is 312 g/mol. The van der Waals surface area contributed by atoms with Gasteiger partial charge in [0.15, 0.2) is 6.10 Å². The summed E-state index contributed by atoms with van der Waals surface area (Å²) >= 11 is 5.85. The van der Waals surface area contributed by atoms with Gasteiger partial charge in [-0.15, -0.1) is 0 Å². The summed E-state index contributed by atoms with van der Waals surface area (Å²) in [4.78, 5) is 14.9. The van der Waals surface area contributed by atoms with Crippen LogP contribution < -0.4 is 5.32 Å². The van der Waals surface area contributed by atoms with Gasteiger partial charge in [0, 0.05) is 17.1 Å². The Morgan fingerprint density at radius 2 is 1.78 bits per heavy atom. The van der Waals surface area contributed by atoms with Crippen molar-refractivity contribution in [3.63, 3.8) is 0 Å². The second kappa shape index (κ2) is 7.20. The lowest BCUT2D eigenvalue weighted by molar-refractivity contribution is -0.130. The average molecular weight is 337 g/mol. The number of carbonyl (C=O) groups excluding carboxylic acids is 1. The topological polar surface area (TPSA) is 52.6 Å². The minimum absolute atomic E-state index is 0.103. The van der Waals surface area contributed by atoms with E-state index in [-0.39, 0.29) is 11.4 Å². The van der Waals surface area contributed by atoms with Crippen LogP contribution in [0.15, 0.2) is 24.3 Å². The number of aliphatic hydroxyl groups excluding tert-OH is 1. The molecule has 1 atom stereocenters. The molecule has 1 aliphatic heterocycles. The molecule has 1 saturated carbocycles. The number of benzene rings is 1. The van der Waals surface area contributed by atoms with Crippen LogP contribution in [-0.2, 0) is 4.79 Å². The summed E-state index contributed by atoms with van der Waals surface area (Å²) in [7, 11) is 0. The maximum absolute atomic E-state index is 12.3. The van der Waals surface area contributed by atoms with Crippen molar-refractivity contribution < 1.29 is 9.90 Å². The predicted octanol–water partition coefficient (Wildman–Crippen LogP) is 2.90. The lowest BCUT2D eigenvalue weighted by Gasteiger charge is -2.39. The first kappa shape index (κ1) is 16.7. The minimum Gasteiger partial charge on any atom is -0.378 e. The van der Waals surface area contributed by atoms with Gasteiger partial charge < -0.3 is 10.4 Å². The summed E-state index contributed by atoms with van der Waals surface area (Å²) in [5.74, 6) is -0.321. The van der Waals surface area contributed by atoms with Crippen LogP contribution in [0.25, 0.3) is 0 Å². The van der Waals surface area contributed by atoms with Gasteiger partial charge in [-0.25, -0.2) is 0 Å². The van der Waals surface area contributed by atoms with E-state index in [1.165, 1.54) is 25.7 Å². The molecular formula is C18H25ClN2O2. The van der Waals surface area contributed by atoms with E-state index in [1.807, 2.05) is 0 Å². The highest BCUT2D eigenvalue weighted by molar-refractivity contribution is 6.30. The lowest BCUT2D eigenvalue weighted by atomic mass is 9.95. The fraction of sp³-hybridized carbons (Fsp3) is 0.611. The van der Waals surface area contributed by atoms with Crippen molar-refractivity contribution >= 4 is 17.5 Å². The van der Waals surface area contributed by atoms with E-state index < -0.39 is 6.10 Å². The monoisotopic (exact) mass is 336 g/mol. The van der Waals surface area contributed by atoms with Crippen LogP contribution in [0.5, 0.6) is 0 Å². The Morgan fingerprint density at radius 3 is 2.39 bits per heavy atom. The van der Waals surface area contributed by atoms with Gasteiger partial charge in [0.1, 0.15) is 0 Å². The summed E-state index contributed by atoms with van der Waals surface area (Å²) < 4.78 is 0. The number of halogens is 1. The van der Waals surface area contributed by atoms with Crippen molar-refractivity contribution in [1.82, 2.24) is 10.2 Å². The third-order valence-corrected chi connectivity index (χ3v) is 5.59. The van der Waals surface area contributed by atoms with Gasteiger partial charge in [0.05, 0.1) is 0 Å². The molecule has 1 heterocycles. The van der Waals surface area contributed by atoms with Gasteiger partial charge in [-0.2, -0.15) is 0 Å². The Morgan fingerprint density at radius 1 is 1.17 bits per heavy atom. The number of nitrogens with one attached hydrogen (secondary N) is 1. The Bertz CT molecular complexity index is 534. The van der Waals surface area contributed by atoms with Crippen molar-refractivity contribution in [3.05, 3.63) is 34.9 Å². The number of likely N-dealkylation sites (tertiary alicyclic amines) is 1. The summed E-state index contributed by atoms with van der Waals surface area (Å²) in [5, 5.41) is 13.8. The fourth-order valence-corrected chi connectivity index (χ4v) is 4.10. The van der Waals surface area contributed by atoms with Crippen molar-refractivity contribution in [2.45, 2.75) is 50.2 Å². The molecule has 23 heavy (non-hydrogen) atoms. The molecule has 2 fully saturated rings. The maximum Gasteiger partial charge on any atom is 0.253 e. The van der Waals surface area contributed by atoms with Crippen LogP contribution in [-0.4, -0.2) is 41.1 Å². The van der Waals surface area contributed by atoms with Crippen molar-refractivity contribution in [2.75, 3.05) is 19.6 Å². The van der Waals surface area contributed by atoms with Gasteiger partial charge >= 0.3 is 0 Å². The standard InChI is InChI=1S/C18H25ClN2O2/c19-15-7-5-14(6-8-15)16(22)17(23)20-13-18(9-1-2-10-18)21-11-3-4-12-21/h5-8,16,22H,1-4,9-13H2,(H,20,23)/t16-/m0/s1. The summed E-state index contributed by atoms with van der Waals surface area (Å²) in [6, 6.07) is 6.77. The number of rotatable bonds is 5. The highest BCUT2D eigenvalue weighted by Crippen LogP contribution is 2.37. The number of carbonyl (C=O) groups is 1. The molecule has 126 valence electrons. The highest BCUT2D eigenvalue weighted by atomic mass is 35.5. The maximum atomic E-state index is 12.3. The molecule has 1 aromatic rings. The first-order chi connectivity index (χ1) is 11.1. The normalized spacial score (nSPS) is 22.2. The van der Waals surface area contributed by atoms with E-state index in [9.17, 15) is 9.90 Å². The van der Waals surface area contributed by atoms with Gasteiger partial charge in [0.2, 0.25) is 0 Å². The van der Waals surface area contributed by atoms with Gasteiger partial charge in [-0.1, -0.05) is 36.6 Å². The van der Waals surface area contributed by atoms with E-state index in [1.54, 1.807) is 24.3 Å². The van der Waals surface area contributed by atoms with E-state index in [4.69, 9.17) is 11.6 Å². The Balaban J connectivity index is 1.61. The smallest absolute Gasteiger partial charge is 0.253 e. The predicted molar refractivity (Wildman–Crippen MR) is 91.4 cm³/mol. The first-order valence-electron chi connectivity index (χ1n) is 8.57. The quantitative estimate of drug-likeness (QED) is 0.869. The van der Waals surface area contributed by atoms with E-state index in [0.29, 0.717) is 17.1 Å². The third kappa shape index (κ3) is 3.70. The molecule has 0 unspecified atom stereocenters. The molecule has 4 nitrogen and oxygen atoms in total. The second-order valence-corrected chi connectivity index (χ2v) is 7.23. The third-order valence-electron chi connectivity index (χ3n) is 5.34. The second-order valence-electron chi connectivity index (χ2n) is 6.80. The van der Waals surface area contributed by atoms with Crippen LogP contribution in [0.2, 0.25) is 5.02 Å². The molecule has 2 N–H and O–H groups in total. The lowest BCUT2D eigenvalue weighted by Crippen LogP contribution is -2.53. The van der Waals surface area contributed by atoms with Crippen LogP contribution in [0.1, 0.15) is 50.2 Å². The van der Waals surface area contributed by atoms with E-state index in [0.717, 1.165) is 25.9 Å². The average Bonchev–Trinajstić information content (AvgIpc) is 3.24. The van der Waals surface area contributed by atoms with Crippen molar-refractivity contribution in [1.29, 1.82) is 0 Å². The summed E-state index contributed by atoms with van der Waals surface area (Å²) in [5.41, 5.74) is 0.680. The zero-order chi connectivity index (χ0) is 16.3. The molecule has 0 aromatic heterocycles. The van der Waals surface area contributed by atoms with Crippen LogP contribution >= 0.6 is 11.6 Å². The molecule has 0 spiro atoms. The van der Waals surface area contributed by atoms with Gasteiger partial charge in [-0.05, 0) is 56.5 Å². The first-order valence-corrected chi connectivity index (χ1v) is 8.95. The van der Waals surface area contributed by atoms with Crippen molar-refractivity contribution in [2.24, 2.45) is 0 Å². The Labute approximate surface area is 142 Å². The number of nitrogens with zero attached hydrogens (tertiary/aromatic N) is 1.